The third kappa shape index (κ3) is 4.62. The van der Waals surface area contributed by atoms with Gasteiger partial charge in [0.15, 0.2) is 0 Å². The number of carbonyl (C=O) groups excluding carboxylic acids is 1. The van der Waals surface area contributed by atoms with Crippen molar-refractivity contribution in [1.29, 1.82) is 0 Å². The van der Waals surface area contributed by atoms with E-state index in [2.05, 4.69) is 10.6 Å². The van der Waals surface area contributed by atoms with Crippen LogP contribution in [-0.4, -0.2) is 30.1 Å². The summed E-state index contributed by atoms with van der Waals surface area (Å²) in [6.45, 7) is 7.02. The van der Waals surface area contributed by atoms with Gasteiger partial charge < -0.3 is 16.4 Å². The third-order valence-corrected chi connectivity index (χ3v) is 2.63. The monoisotopic (exact) mass is 213 g/mol. The number of hydrogen-bond donors (Lipinski definition) is 3. The molecule has 1 aliphatic carbocycles. The van der Waals surface area contributed by atoms with Crippen molar-refractivity contribution in [2.24, 2.45) is 5.73 Å². The summed E-state index contributed by atoms with van der Waals surface area (Å²) in [5.41, 5.74) is 5.81. The van der Waals surface area contributed by atoms with Crippen LogP contribution in [0.5, 0.6) is 0 Å². The highest BCUT2D eigenvalue weighted by atomic mass is 16.2. The van der Waals surface area contributed by atoms with E-state index in [9.17, 15) is 4.79 Å². The van der Waals surface area contributed by atoms with Gasteiger partial charge in [0, 0.05) is 17.6 Å². The largest absolute Gasteiger partial charge is 0.350 e. The predicted octanol–water partition coefficient (Wildman–Crippen LogP) is 0.372. The number of nitrogens with two attached hydrogens (primary N) is 1. The zero-order valence-corrected chi connectivity index (χ0v) is 10.0. The van der Waals surface area contributed by atoms with Gasteiger partial charge in [0.05, 0.1) is 6.54 Å². The Morgan fingerprint density at radius 2 is 2.00 bits per heavy atom. The molecule has 4 nitrogen and oxygen atoms in total. The van der Waals surface area contributed by atoms with Crippen molar-refractivity contribution in [3.63, 3.8) is 0 Å². The molecule has 1 amide bonds. The molecule has 0 aromatic heterocycles. The fraction of sp³-hybridized carbons (Fsp3) is 0.909. The molecule has 0 unspecified atom stereocenters. The zero-order valence-electron chi connectivity index (χ0n) is 10.0. The van der Waals surface area contributed by atoms with Crippen LogP contribution in [0.1, 0.15) is 40.0 Å². The summed E-state index contributed by atoms with van der Waals surface area (Å²) < 4.78 is 0. The first-order chi connectivity index (χ1) is 6.81. The summed E-state index contributed by atoms with van der Waals surface area (Å²) >= 11 is 0. The molecule has 0 heterocycles. The van der Waals surface area contributed by atoms with Crippen molar-refractivity contribution < 1.29 is 4.79 Å². The zero-order chi connectivity index (χ0) is 11.5. The predicted molar refractivity (Wildman–Crippen MR) is 61.5 cm³/mol. The second kappa shape index (κ2) is 4.49. The standard InChI is InChI=1S/C11H23N3O/c1-10(2,3)14-9(15)7-13-8-11(12)5-4-6-11/h13H,4-8,12H2,1-3H3,(H,14,15). The molecule has 1 saturated carbocycles. The molecule has 0 aromatic rings. The van der Waals surface area contributed by atoms with Crippen molar-refractivity contribution in [3.05, 3.63) is 0 Å². The summed E-state index contributed by atoms with van der Waals surface area (Å²) in [6.07, 6.45) is 3.36. The van der Waals surface area contributed by atoms with Crippen LogP contribution in [0.25, 0.3) is 0 Å². The fourth-order valence-corrected chi connectivity index (χ4v) is 1.70. The number of hydrogen-bond acceptors (Lipinski definition) is 3. The van der Waals surface area contributed by atoms with Crippen LogP contribution in [0, 0.1) is 0 Å². The molecule has 1 rings (SSSR count). The van der Waals surface area contributed by atoms with Crippen molar-refractivity contribution >= 4 is 5.91 Å². The van der Waals surface area contributed by atoms with E-state index in [0.717, 1.165) is 19.4 Å². The molecule has 0 spiro atoms. The van der Waals surface area contributed by atoms with Gasteiger partial charge in [0.1, 0.15) is 0 Å². The lowest BCUT2D eigenvalue weighted by molar-refractivity contribution is -0.121. The van der Waals surface area contributed by atoms with E-state index in [0.29, 0.717) is 6.54 Å². The average molecular weight is 213 g/mol. The Labute approximate surface area is 92.0 Å². The Morgan fingerprint density at radius 1 is 1.40 bits per heavy atom. The lowest BCUT2D eigenvalue weighted by Gasteiger charge is -2.38. The molecule has 4 heteroatoms. The highest BCUT2D eigenvalue weighted by molar-refractivity contribution is 5.78. The van der Waals surface area contributed by atoms with E-state index < -0.39 is 0 Å². The topological polar surface area (TPSA) is 67.2 Å². The van der Waals surface area contributed by atoms with Crippen LogP contribution in [0.3, 0.4) is 0 Å². The van der Waals surface area contributed by atoms with E-state index in [1.54, 1.807) is 0 Å². The molecule has 0 aromatic carbocycles. The molecule has 15 heavy (non-hydrogen) atoms. The van der Waals surface area contributed by atoms with Crippen LogP contribution in [-0.2, 0) is 4.79 Å². The second-order valence-electron chi connectivity index (χ2n) is 5.62. The first-order valence-electron chi connectivity index (χ1n) is 5.61. The van der Waals surface area contributed by atoms with Gasteiger partial charge in [-0.05, 0) is 40.0 Å². The molecule has 1 fully saturated rings. The normalized spacial score (nSPS) is 19.5. The van der Waals surface area contributed by atoms with Crippen LogP contribution in [0.15, 0.2) is 0 Å². The van der Waals surface area contributed by atoms with Crippen LogP contribution >= 0.6 is 0 Å². The molecular weight excluding hydrogens is 190 g/mol. The Bertz CT molecular complexity index is 228. The number of rotatable bonds is 4. The van der Waals surface area contributed by atoms with Crippen molar-refractivity contribution in [1.82, 2.24) is 10.6 Å². The number of amides is 1. The molecule has 0 bridgehead atoms. The minimum Gasteiger partial charge on any atom is -0.350 e. The lowest BCUT2D eigenvalue weighted by Crippen LogP contribution is -2.55. The fourth-order valence-electron chi connectivity index (χ4n) is 1.70. The van der Waals surface area contributed by atoms with Crippen LogP contribution in [0.2, 0.25) is 0 Å². The van der Waals surface area contributed by atoms with Crippen LogP contribution < -0.4 is 16.4 Å². The summed E-state index contributed by atoms with van der Waals surface area (Å²) in [5.74, 6) is 0.0328. The first kappa shape index (κ1) is 12.5. The molecule has 88 valence electrons. The summed E-state index contributed by atoms with van der Waals surface area (Å²) in [7, 11) is 0. The molecule has 0 atom stereocenters. The average Bonchev–Trinajstić information content (AvgIpc) is 1.97. The highest BCUT2D eigenvalue weighted by Crippen LogP contribution is 2.27. The Balaban J connectivity index is 2.12. The minimum absolute atomic E-state index is 0.0328. The Kier molecular flexibility index (Phi) is 3.73. The quantitative estimate of drug-likeness (QED) is 0.632. The van der Waals surface area contributed by atoms with Gasteiger partial charge in [-0.2, -0.15) is 0 Å². The molecule has 1 aliphatic rings. The maximum Gasteiger partial charge on any atom is 0.234 e. The SMILES string of the molecule is CC(C)(C)NC(=O)CNCC1(N)CCC1. The lowest BCUT2D eigenvalue weighted by atomic mass is 9.78. The maximum atomic E-state index is 11.4. The van der Waals surface area contributed by atoms with Crippen LogP contribution in [0.4, 0.5) is 0 Å². The number of carbonyl (C=O) groups is 1. The van der Waals surface area contributed by atoms with Gasteiger partial charge in [0.2, 0.25) is 5.91 Å². The minimum atomic E-state index is -0.157. The van der Waals surface area contributed by atoms with Crippen molar-refractivity contribution in [2.75, 3.05) is 13.1 Å². The molecule has 0 saturated heterocycles. The van der Waals surface area contributed by atoms with Gasteiger partial charge in [0.25, 0.3) is 0 Å². The third-order valence-electron chi connectivity index (χ3n) is 2.63. The van der Waals surface area contributed by atoms with E-state index in [1.165, 1.54) is 6.42 Å². The van der Waals surface area contributed by atoms with E-state index in [-0.39, 0.29) is 17.0 Å². The van der Waals surface area contributed by atoms with Crippen molar-refractivity contribution in [3.8, 4) is 0 Å². The maximum absolute atomic E-state index is 11.4. The van der Waals surface area contributed by atoms with Gasteiger partial charge in [-0.1, -0.05) is 0 Å². The Morgan fingerprint density at radius 3 is 2.40 bits per heavy atom. The molecular formula is C11H23N3O. The second-order valence-corrected chi connectivity index (χ2v) is 5.62. The van der Waals surface area contributed by atoms with E-state index in [4.69, 9.17) is 5.73 Å². The molecule has 0 aliphatic heterocycles. The Hall–Kier alpha value is -0.610. The van der Waals surface area contributed by atoms with E-state index >= 15 is 0 Å². The summed E-state index contributed by atoms with van der Waals surface area (Å²) in [5, 5.41) is 6.01. The summed E-state index contributed by atoms with van der Waals surface area (Å²) in [6, 6.07) is 0. The van der Waals surface area contributed by atoms with Gasteiger partial charge in [-0.15, -0.1) is 0 Å². The van der Waals surface area contributed by atoms with Crippen molar-refractivity contribution in [2.45, 2.75) is 51.1 Å². The molecule has 4 N–H and O–H groups in total. The van der Waals surface area contributed by atoms with Gasteiger partial charge in [-0.25, -0.2) is 0 Å². The molecule has 0 radical (unpaired) electrons. The first-order valence-corrected chi connectivity index (χ1v) is 5.61. The number of nitrogens with one attached hydrogen (secondary N) is 2. The highest BCUT2D eigenvalue weighted by Gasteiger charge is 2.31. The summed E-state index contributed by atoms with van der Waals surface area (Å²) in [4.78, 5) is 11.4. The smallest absolute Gasteiger partial charge is 0.234 e. The van der Waals surface area contributed by atoms with Gasteiger partial charge in [-0.3, -0.25) is 4.79 Å². The van der Waals surface area contributed by atoms with Gasteiger partial charge >= 0.3 is 0 Å². The van der Waals surface area contributed by atoms with E-state index in [1.807, 2.05) is 20.8 Å².